The largest absolute Gasteiger partial charge is 0.380 e. The third kappa shape index (κ3) is 5.01. The summed E-state index contributed by atoms with van der Waals surface area (Å²) in [6.45, 7) is 2.76. The van der Waals surface area contributed by atoms with Gasteiger partial charge in [0.25, 0.3) is 5.56 Å². The molecule has 3 rings (SSSR count). The van der Waals surface area contributed by atoms with Crippen LogP contribution in [0.3, 0.4) is 0 Å². The Morgan fingerprint density at radius 1 is 1.27 bits per heavy atom. The number of carbonyl (C=O) groups excluding carboxylic acids is 1. The Morgan fingerprint density at radius 3 is 2.80 bits per heavy atom. The van der Waals surface area contributed by atoms with E-state index in [0.717, 1.165) is 4.68 Å². The van der Waals surface area contributed by atoms with E-state index in [1.807, 2.05) is 0 Å². The molecule has 2 aromatic rings. The molecule has 1 amide bonds. The van der Waals surface area contributed by atoms with Gasteiger partial charge in [-0.2, -0.15) is 9.40 Å². The third-order valence-corrected chi connectivity index (χ3v) is 7.30. The first-order valence-corrected chi connectivity index (χ1v) is 11.3. The van der Waals surface area contributed by atoms with Crippen molar-refractivity contribution >= 4 is 44.8 Å². The minimum absolute atomic E-state index is 0.00868. The molecule has 1 fully saturated rings. The lowest BCUT2D eigenvalue weighted by molar-refractivity contribution is -0.117. The maximum Gasteiger partial charge on any atom is 0.287 e. The van der Waals surface area contributed by atoms with Crippen molar-refractivity contribution < 1.29 is 17.9 Å². The van der Waals surface area contributed by atoms with E-state index in [9.17, 15) is 18.0 Å². The van der Waals surface area contributed by atoms with Crippen LogP contribution in [0.4, 0.5) is 5.69 Å². The molecular weight excluding hydrogens is 455 g/mol. The molecule has 1 saturated heterocycles. The highest BCUT2D eigenvalue weighted by Crippen LogP contribution is 2.24. The van der Waals surface area contributed by atoms with Crippen molar-refractivity contribution in [2.75, 3.05) is 31.6 Å². The maximum absolute atomic E-state index is 13.1. The molecule has 1 N–H and O–H groups in total. The molecule has 9 nitrogen and oxygen atoms in total. The van der Waals surface area contributed by atoms with E-state index in [2.05, 4.69) is 10.4 Å². The zero-order valence-corrected chi connectivity index (χ0v) is 18.4. The number of sulfonamides is 1. The topological polar surface area (TPSA) is 111 Å². The second-order valence-electron chi connectivity index (χ2n) is 6.67. The lowest BCUT2D eigenvalue weighted by atomic mass is 10.2. The van der Waals surface area contributed by atoms with Gasteiger partial charge in [0.2, 0.25) is 15.9 Å². The molecular formula is C18H20Cl2N4O5S. The van der Waals surface area contributed by atoms with Crippen LogP contribution in [-0.2, 0) is 26.1 Å². The van der Waals surface area contributed by atoms with Crippen molar-refractivity contribution in [3.05, 3.63) is 50.4 Å². The number of benzene rings is 1. The molecule has 30 heavy (non-hydrogen) atoms. The van der Waals surface area contributed by atoms with Gasteiger partial charge in [0.15, 0.2) is 0 Å². The van der Waals surface area contributed by atoms with Crippen LogP contribution in [0, 0.1) is 6.92 Å². The summed E-state index contributed by atoms with van der Waals surface area (Å²) in [5.74, 6) is -0.571. The number of aryl methyl sites for hydroxylation is 1. The first kappa shape index (κ1) is 22.7. The molecule has 1 aliphatic heterocycles. The van der Waals surface area contributed by atoms with Gasteiger partial charge in [-0.05, 0) is 31.0 Å². The molecule has 12 heteroatoms. The number of aromatic nitrogens is 2. The predicted molar refractivity (Wildman–Crippen MR) is 113 cm³/mol. The number of hydrogen-bond donors (Lipinski definition) is 1. The normalized spacial score (nSPS) is 15.6. The van der Waals surface area contributed by atoms with Gasteiger partial charge in [0.1, 0.15) is 11.6 Å². The fraction of sp³-hybridized carbons (Fsp3) is 0.389. The molecule has 0 spiro atoms. The van der Waals surface area contributed by atoms with Gasteiger partial charge in [-0.3, -0.25) is 9.59 Å². The van der Waals surface area contributed by atoms with E-state index in [1.165, 1.54) is 16.6 Å². The summed E-state index contributed by atoms with van der Waals surface area (Å²) in [5.41, 5.74) is 0.138. The standard InChI is InChI=1S/C18H20Cl2N4O5S/c1-12-3-4-13(9-15(12)30(27,28)23-5-2-7-29-8-6-23)22-16(25)11-24-18(26)17(20)14(19)10-21-24/h3-4,9-10H,2,5-8,11H2,1H3,(H,22,25). The van der Waals surface area contributed by atoms with Crippen LogP contribution in [-0.4, -0.2) is 54.7 Å². The van der Waals surface area contributed by atoms with E-state index >= 15 is 0 Å². The number of nitrogens with one attached hydrogen (secondary N) is 1. The van der Waals surface area contributed by atoms with Crippen LogP contribution in [0.2, 0.25) is 10.0 Å². The molecule has 2 heterocycles. The lowest BCUT2D eigenvalue weighted by Crippen LogP contribution is -2.33. The predicted octanol–water partition coefficient (Wildman–Crippen LogP) is 1.91. The lowest BCUT2D eigenvalue weighted by Gasteiger charge is -2.21. The fourth-order valence-corrected chi connectivity index (χ4v) is 4.94. The molecule has 0 unspecified atom stereocenters. The van der Waals surface area contributed by atoms with Gasteiger partial charge >= 0.3 is 0 Å². The van der Waals surface area contributed by atoms with Gasteiger partial charge < -0.3 is 10.1 Å². The van der Waals surface area contributed by atoms with E-state index in [4.69, 9.17) is 27.9 Å². The smallest absolute Gasteiger partial charge is 0.287 e. The first-order valence-electron chi connectivity index (χ1n) is 9.09. The summed E-state index contributed by atoms with van der Waals surface area (Å²) < 4.78 is 33.7. The van der Waals surface area contributed by atoms with Crippen molar-refractivity contribution in [3.63, 3.8) is 0 Å². The van der Waals surface area contributed by atoms with Crippen LogP contribution < -0.4 is 10.9 Å². The Kier molecular flexibility index (Phi) is 7.14. The van der Waals surface area contributed by atoms with Gasteiger partial charge in [-0.1, -0.05) is 29.3 Å². The van der Waals surface area contributed by atoms with Crippen LogP contribution in [0.25, 0.3) is 0 Å². The molecule has 1 aromatic carbocycles. The summed E-state index contributed by atoms with van der Waals surface area (Å²) >= 11 is 11.5. The van der Waals surface area contributed by atoms with Crippen LogP contribution >= 0.6 is 23.2 Å². The third-order valence-electron chi connectivity index (χ3n) is 4.51. The van der Waals surface area contributed by atoms with Crippen molar-refractivity contribution in [2.24, 2.45) is 0 Å². The number of nitrogens with zero attached hydrogens (tertiary/aromatic N) is 3. The van der Waals surface area contributed by atoms with Crippen LogP contribution in [0.5, 0.6) is 0 Å². The number of rotatable bonds is 5. The quantitative estimate of drug-likeness (QED) is 0.708. The number of carbonyl (C=O) groups is 1. The molecule has 0 radical (unpaired) electrons. The average Bonchev–Trinajstić information content (AvgIpc) is 3.00. The zero-order chi connectivity index (χ0) is 21.9. The fourth-order valence-electron chi connectivity index (χ4n) is 2.95. The van der Waals surface area contributed by atoms with Gasteiger partial charge in [0, 0.05) is 25.4 Å². The van der Waals surface area contributed by atoms with Crippen molar-refractivity contribution in [2.45, 2.75) is 24.8 Å². The Balaban J connectivity index is 1.80. The number of anilines is 1. The van der Waals surface area contributed by atoms with Crippen molar-refractivity contribution in [1.29, 1.82) is 0 Å². The first-order chi connectivity index (χ1) is 14.2. The summed E-state index contributed by atoms with van der Waals surface area (Å²) in [5, 5.41) is 6.12. The molecule has 1 aromatic heterocycles. The van der Waals surface area contributed by atoms with Gasteiger partial charge in [0.05, 0.1) is 22.7 Å². The van der Waals surface area contributed by atoms with E-state index in [-0.39, 0.29) is 27.2 Å². The number of halogens is 2. The second kappa shape index (κ2) is 9.44. The maximum atomic E-state index is 13.1. The molecule has 1 aliphatic rings. The summed E-state index contributed by atoms with van der Waals surface area (Å²) in [6.07, 6.45) is 1.78. The summed E-state index contributed by atoms with van der Waals surface area (Å²) in [7, 11) is -3.75. The molecule has 162 valence electrons. The molecule has 0 atom stereocenters. The monoisotopic (exact) mass is 474 g/mol. The van der Waals surface area contributed by atoms with Crippen LogP contribution in [0.1, 0.15) is 12.0 Å². The molecule has 0 saturated carbocycles. The minimum atomic E-state index is -3.75. The van der Waals surface area contributed by atoms with Crippen molar-refractivity contribution in [3.8, 4) is 0 Å². The van der Waals surface area contributed by atoms with Gasteiger partial charge in [-0.25, -0.2) is 13.1 Å². The minimum Gasteiger partial charge on any atom is -0.380 e. The number of hydrogen-bond acceptors (Lipinski definition) is 6. The second-order valence-corrected chi connectivity index (χ2v) is 9.36. The van der Waals surface area contributed by atoms with Crippen molar-refractivity contribution in [1.82, 2.24) is 14.1 Å². The van der Waals surface area contributed by atoms with E-state index < -0.39 is 28.0 Å². The summed E-state index contributed by atoms with van der Waals surface area (Å²) in [6, 6.07) is 4.60. The Hall–Kier alpha value is -1.98. The highest BCUT2D eigenvalue weighted by molar-refractivity contribution is 7.89. The Bertz CT molecular complexity index is 1110. The Labute approximate surface area is 183 Å². The highest BCUT2D eigenvalue weighted by atomic mass is 35.5. The summed E-state index contributed by atoms with van der Waals surface area (Å²) in [4.78, 5) is 24.5. The molecule has 0 bridgehead atoms. The number of ether oxygens (including phenoxy) is 1. The van der Waals surface area contributed by atoms with E-state index in [1.54, 1.807) is 19.1 Å². The SMILES string of the molecule is Cc1ccc(NC(=O)Cn2ncc(Cl)c(Cl)c2=O)cc1S(=O)(=O)N1CCCOCC1. The van der Waals surface area contributed by atoms with Gasteiger partial charge in [-0.15, -0.1) is 0 Å². The number of amides is 1. The zero-order valence-electron chi connectivity index (χ0n) is 16.1. The van der Waals surface area contributed by atoms with Crippen LogP contribution in [0.15, 0.2) is 34.1 Å². The van der Waals surface area contributed by atoms with E-state index in [0.29, 0.717) is 31.7 Å². The molecule has 0 aliphatic carbocycles. The Morgan fingerprint density at radius 2 is 2.03 bits per heavy atom. The average molecular weight is 475 g/mol. The highest BCUT2D eigenvalue weighted by Gasteiger charge is 2.27.